The fraction of sp³-hybridized carbons (Fsp3) is 0.538. The van der Waals surface area contributed by atoms with Crippen LogP contribution >= 0.6 is 0 Å². The van der Waals surface area contributed by atoms with Gasteiger partial charge in [0.2, 0.25) is 0 Å². The van der Waals surface area contributed by atoms with Gasteiger partial charge in [0.1, 0.15) is 5.82 Å². The van der Waals surface area contributed by atoms with Crippen molar-refractivity contribution in [3.8, 4) is 0 Å². The number of pyridine rings is 1. The lowest BCUT2D eigenvalue weighted by Gasteiger charge is -2.22. The van der Waals surface area contributed by atoms with Gasteiger partial charge in [0, 0.05) is 26.3 Å². The van der Waals surface area contributed by atoms with Crippen molar-refractivity contribution in [3.05, 3.63) is 23.9 Å². The van der Waals surface area contributed by atoms with Crippen LogP contribution in [-0.2, 0) is 0 Å². The second-order valence-electron chi connectivity index (χ2n) is 3.94. The molecular weight excluding hydrogens is 214 g/mol. The van der Waals surface area contributed by atoms with Crippen molar-refractivity contribution in [2.24, 2.45) is 0 Å². The molecule has 4 nitrogen and oxygen atoms in total. The van der Waals surface area contributed by atoms with E-state index in [1.807, 2.05) is 11.0 Å². The van der Waals surface area contributed by atoms with E-state index in [4.69, 9.17) is 0 Å². The van der Waals surface area contributed by atoms with Crippen LogP contribution in [0.4, 0.5) is 5.82 Å². The first-order valence-corrected chi connectivity index (χ1v) is 6.16. The van der Waals surface area contributed by atoms with Gasteiger partial charge < -0.3 is 10.2 Å². The molecule has 0 aliphatic heterocycles. The average Bonchev–Trinajstić information content (AvgIpc) is 2.37. The molecule has 1 aromatic rings. The van der Waals surface area contributed by atoms with Gasteiger partial charge in [-0.25, -0.2) is 4.98 Å². The third-order valence-electron chi connectivity index (χ3n) is 2.55. The van der Waals surface area contributed by atoms with Crippen LogP contribution in [-0.4, -0.2) is 35.9 Å². The number of aromatic nitrogens is 1. The Hall–Kier alpha value is -1.58. The van der Waals surface area contributed by atoms with Crippen molar-refractivity contribution in [1.29, 1.82) is 0 Å². The standard InChI is InChI=1S/C13H21N3O/c1-4-9-16(10-5-2)13(17)11-7-6-8-15-12(11)14-3/h6-8H,4-5,9-10H2,1-3H3,(H,14,15). The largest absolute Gasteiger partial charge is 0.372 e. The third-order valence-corrected chi connectivity index (χ3v) is 2.55. The minimum Gasteiger partial charge on any atom is -0.372 e. The van der Waals surface area contributed by atoms with Gasteiger partial charge >= 0.3 is 0 Å². The highest BCUT2D eigenvalue weighted by atomic mass is 16.2. The first kappa shape index (κ1) is 13.5. The first-order chi connectivity index (χ1) is 8.24. The number of hydrogen-bond donors (Lipinski definition) is 1. The van der Waals surface area contributed by atoms with E-state index in [2.05, 4.69) is 24.1 Å². The Morgan fingerprint density at radius 2 is 2.00 bits per heavy atom. The second-order valence-corrected chi connectivity index (χ2v) is 3.94. The third kappa shape index (κ3) is 3.44. The van der Waals surface area contributed by atoms with Crippen LogP contribution < -0.4 is 5.32 Å². The van der Waals surface area contributed by atoms with Gasteiger partial charge in [0.15, 0.2) is 0 Å². The SMILES string of the molecule is CCCN(CCC)C(=O)c1cccnc1NC. The summed E-state index contributed by atoms with van der Waals surface area (Å²) in [6, 6.07) is 3.61. The Kier molecular flexibility index (Phi) is 5.46. The number of carbonyl (C=O) groups excluding carboxylic acids is 1. The molecule has 94 valence electrons. The quantitative estimate of drug-likeness (QED) is 0.823. The van der Waals surface area contributed by atoms with Crippen molar-refractivity contribution in [3.63, 3.8) is 0 Å². The summed E-state index contributed by atoms with van der Waals surface area (Å²) in [5.41, 5.74) is 0.650. The molecule has 1 aromatic heterocycles. The molecule has 0 saturated carbocycles. The van der Waals surface area contributed by atoms with Gasteiger partial charge in [0.05, 0.1) is 5.56 Å². The molecule has 0 saturated heterocycles. The zero-order valence-electron chi connectivity index (χ0n) is 10.9. The minimum absolute atomic E-state index is 0.0613. The summed E-state index contributed by atoms with van der Waals surface area (Å²) in [6.07, 6.45) is 3.63. The fourth-order valence-electron chi connectivity index (χ4n) is 1.80. The minimum atomic E-state index is 0.0613. The smallest absolute Gasteiger partial charge is 0.257 e. The average molecular weight is 235 g/mol. The van der Waals surface area contributed by atoms with Crippen LogP contribution in [0.2, 0.25) is 0 Å². The fourth-order valence-corrected chi connectivity index (χ4v) is 1.80. The summed E-state index contributed by atoms with van der Waals surface area (Å²) < 4.78 is 0. The molecule has 0 radical (unpaired) electrons. The van der Waals surface area contributed by atoms with E-state index >= 15 is 0 Å². The lowest BCUT2D eigenvalue weighted by Crippen LogP contribution is -2.33. The molecule has 1 N–H and O–H groups in total. The van der Waals surface area contributed by atoms with E-state index in [0.29, 0.717) is 11.4 Å². The molecular formula is C13H21N3O. The predicted octanol–water partition coefficient (Wildman–Crippen LogP) is 2.39. The molecule has 1 amide bonds. The summed E-state index contributed by atoms with van der Waals surface area (Å²) in [4.78, 5) is 18.4. The van der Waals surface area contributed by atoms with E-state index < -0.39 is 0 Å². The van der Waals surface area contributed by atoms with E-state index in [9.17, 15) is 4.79 Å². The Balaban J connectivity index is 2.92. The molecule has 0 aliphatic rings. The van der Waals surface area contributed by atoms with Gasteiger partial charge in [-0.1, -0.05) is 13.8 Å². The molecule has 4 heteroatoms. The van der Waals surface area contributed by atoms with Crippen LogP contribution in [0.3, 0.4) is 0 Å². The van der Waals surface area contributed by atoms with Crippen LogP contribution in [0.25, 0.3) is 0 Å². The van der Waals surface area contributed by atoms with Crippen molar-refractivity contribution in [2.45, 2.75) is 26.7 Å². The van der Waals surface area contributed by atoms with E-state index in [-0.39, 0.29) is 5.91 Å². The molecule has 0 fully saturated rings. The van der Waals surface area contributed by atoms with Crippen molar-refractivity contribution in [2.75, 3.05) is 25.5 Å². The molecule has 0 unspecified atom stereocenters. The number of rotatable bonds is 6. The Morgan fingerprint density at radius 3 is 2.53 bits per heavy atom. The summed E-state index contributed by atoms with van der Waals surface area (Å²) in [7, 11) is 1.78. The first-order valence-electron chi connectivity index (χ1n) is 6.16. The maximum Gasteiger partial charge on any atom is 0.257 e. The predicted molar refractivity (Wildman–Crippen MR) is 70.3 cm³/mol. The van der Waals surface area contributed by atoms with Gasteiger partial charge in [-0.2, -0.15) is 0 Å². The molecule has 17 heavy (non-hydrogen) atoms. The van der Waals surface area contributed by atoms with Gasteiger partial charge in [0.25, 0.3) is 5.91 Å². The monoisotopic (exact) mass is 235 g/mol. The number of nitrogens with one attached hydrogen (secondary N) is 1. The van der Waals surface area contributed by atoms with Gasteiger partial charge in [-0.3, -0.25) is 4.79 Å². The van der Waals surface area contributed by atoms with Crippen molar-refractivity contribution in [1.82, 2.24) is 9.88 Å². The second kappa shape index (κ2) is 6.89. The molecule has 0 atom stereocenters. The van der Waals surface area contributed by atoms with Crippen molar-refractivity contribution >= 4 is 11.7 Å². The molecule has 1 heterocycles. The van der Waals surface area contributed by atoms with Gasteiger partial charge in [-0.05, 0) is 25.0 Å². The highest BCUT2D eigenvalue weighted by Gasteiger charge is 2.17. The summed E-state index contributed by atoms with van der Waals surface area (Å²) in [5.74, 6) is 0.709. The zero-order chi connectivity index (χ0) is 12.7. The highest BCUT2D eigenvalue weighted by Crippen LogP contribution is 2.14. The topological polar surface area (TPSA) is 45.2 Å². The summed E-state index contributed by atoms with van der Waals surface area (Å²) in [6.45, 7) is 5.76. The highest BCUT2D eigenvalue weighted by molar-refractivity contribution is 5.98. The van der Waals surface area contributed by atoms with E-state index in [1.165, 1.54) is 0 Å². The molecule has 0 bridgehead atoms. The zero-order valence-corrected chi connectivity index (χ0v) is 10.9. The Bertz CT molecular complexity index is 359. The van der Waals surface area contributed by atoms with E-state index in [0.717, 1.165) is 25.9 Å². The number of carbonyl (C=O) groups is 1. The summed E-state index contributed by atoms with van der Waals surface area (Å²) >= 11 is 0. The van der Waals surface area contributed by atoms with Crippen LogP contribution in [0.5, 0.6) is 0 Å². The molecule has 1 rings (SSSR count). The normalized spacial score (nSPS) is 10.1. The maximum absolute atomic E-state index is 12.4. The molecule has 0 aliphatic carbocycles. The maximum atomic E-state index is 12.4. The Labute approximate surface area is 103 Å². The van der Waals surface area contributed by atoms with Gasteiger partial charge in [-0.15, -0.1) is 0 Å². The van der Waals surface area contributed by atoms with Crippen LogP contribution in [0.1, 0.15) is 37.0 Å². The van der Waals surface area contributed by atoms with Crippen LogP contribution in [0, 0.1) is 0 Å². The lowest BCUT2D eigenvalue weighted by atomic mass is 10.2. The molecule has 0 aromatic carbocycles. The lowest BCUT2D eigenvalue weighted by molar-refractivity contribution is 0.0756. The number of nitrogens with zero attached hydrogens (tertiary/aromatic N) is 2. The summed E-state index contributed by atoms with van der Waals surface area (Å²) in [5, 5.41) is 2.96. The van der Waals surface area contributed by atoms with E-state index in [1.54, 1.807) is 19.3 Å². The van der Waals surface area contributed by atoms with Crippen molar-refractivity contribution < 1.29 is 4.79 Å². The molecule has 0 spiro atoms. The number of amides is 1. The van der Waals surface area contributed by atoms with Crippen LogP contribution in [0.15, 0.2) is 18.3 Å². The Morgan fingerprint density at radius 1 is 1.35 bits per heavy atom. The number of anilines is 1. The number of hydrogen-bond acceptors (Lipinski definition) is 3.